The second kappa shape index (κ2) is 14.0. The van der Waals surface area contributed by atoms with Crippen molar-refractivity contribution in [1.82, 2.24) is 10.9 Å². The molecule has 4 rings (SSSR count). The molecule has 0 spiro atoms. The number of amides is 1. The molecule has 3 N–H and O–H groups in total. The second-order valence-corrected chi connectivity index (χ2v) is 9.18. The molecule has 41 heavy (non-hydrogen) atoms. The number of hydrogen-bond donors (Lipinski definition) is 3. The molecular formula is C29H32N6O6. The first-order chi connectivity index (χ1) is 20.0. The van der Waals surface area contributed by atoms with Gasteiger partial charge in [-0.2, -0.15) is 0 Å². The molecule has 0 radical (unpaired) electrons. The SMILES string of the molecule is COc1ccc(CNNC(=O)[C@]2(Cc3ccccc3N=[N+]=[N-])COC(c3ccc(OCCCO)cc3)=N2)cc1OC. The maximum absolute atomic E-state index is 13.7. The summed E-state index contributed by atoms with van der Waals surface area (Å²) in [6, 6.07) is 19.7. The zero-order valence-corrected chi connectivity index (χ0v) is 22.9. The van der Waals surface area contributed by atoms with Crippen LogP contribution < -0.4 is 25.1 Å². The van der Waals surface area contributed by atoms with Crippen LogP contribution in [0, 0.1) is 0 Å². The fraction of sp³-hybridized carbons (Fsp3) is 0.310. The monoisotopic (exact) mass is 560 g/mol. The Morgan fingerprint density at radius 3 is 2.63 bits per heavy atom. The van der Waals surface area contributed by atoms with Crippen LogP contribution in [0.25, 0.3) is 10.4 Å². The van der Waals surface area contributed by atoms with E-state index in [1.165, 1.54) is 0 Å². The molecule has 0 fully saturated rings. The van der Waals surface area contributed by atoms with Crippen LogP contribution in [0.3, 0.4) is 0 Å². The molecular weight excluding hydrogens is 528 g/mol. The molecule has 3 aromatic rings. The first kappa shape index (κ1) is 29.2. The van der Waals surface area contributed by atoms with Crippen molar-refractivity contribution in [3.05, 3.63) is 93.9 Å². The highest BCUT2D eigenvalue weighted by atomic mass is 16.5. The number of carbonyl (C=O) groups is 1. The average molecular weight is 561 g/mol. The highest BCUT2D eigenvalue weighted by Crippen LogP contribution is 2.31. The van der Waals surface area contributed by atoms with Gasteiger partial charge in [0.25, 0.3) is 5.91 Å². The zero-order valence-electron chi connectivity index (χ0n) is 22.9. The number of azide groups is 1. The Hall–Kier alpha value is -4.77. The topological polar surface area (TPSA) is 159 Å². The van der Waals surface area contributed by atoms with Gasteiger partial charge in [-0.05, 0) is 53.1 Å². The molecule has 3 aromatic carbocycles. The minimum atomic E-state index is -1.34. The van der Waals surface area contributed by atoms with E-state index >= 15 is 0 Å². The quantitative estimate of drug-likeness (QED) is 0.0884. The summed E-state index contributed by atoms with van der Waals surface area (Å²) in [5, 5.41) is 12.7. The van der Waals surface area contributed by atoms with Crippen molar-refractivity contribution >= 4 is 17.5 Å². The standard InChI is InChI=1S/C29H32N6O6/c1-38-25-13-8-20(16-26(25)39-2)18-31-34-28(37)29(17-22-6-3-4-7-24(22)33-35-30)19-41-27(32-29)21-9-11-23(12-10-21)40-15-5-14-36/h3-4,6-13,16,31,36H,5,14-15,17-19H2,1-2H3,(H,34,37)/t29-/m0/s1. The van der Waals surface area contributed by atoms with Gasteiger partial charge in [0.15, 0.2) is 17.0 Å². The molecule has 0 unspecified atom stereocenters. The molecule has 1 amide bonds. The van der Waals surface area contributed by atoms with Gasteiger partial charge in [-0.15, -0.1) is 0 Å². The predicted molar refractivity (Wildman–Crippen MR) is 152 cm³/mol. The van der Waals surface area contributed by atoms with Crippen molar-refractivity contribution < 1.29 is 28.8 Å². The molecule has 0 aromatic heterocycles. The summed E-state index contributed by atoms with van der Waals surface area (Å²) in [4.78, 5) is 21.4. The number of methoxy groups -OCH3 is 2. The number of hydrazine groups is 1. The van der Waals surface area contributed by atoms with Crippen molar-refractivity contribution in [3.63, 3.8) is 0 Å². The molecule has 0 saturated carbocycles. The number of aliphatic hydroxyl groups excluding tert-OH is 1. The number of aliphatic imine (C=N–C) groups is 1. The molecule has 1 aliphatic rings. The van der Waals surface area contributed by atoms with Gasteiger partial charge in [0, 0.05) is 42.2 Å². The number of hydrogen-bond acceptors (Lipinski definition) is 9. The van der Waals surface area contributed by atoms with Gasteiger partial charge in [-0.25, -0.2) is 10.4 Å². The molecule has 214 valence electrons. The third-order valence-electron chi connectivity index (χ3n) is 6.43. The molecule has 12 nitrogen and oxygen atoms in total. The highest BCUT2D eigenvalue weighted by molar-refractivity contribution is 6.00. The second-order valence-electron chi connectivity index (χ2n) is 9.18. The summed E-state index contributed by atoms with van der Waals surface area (Å²) >= 11 is 0. The fourth-order valence-electron chi connectivity index (χ4n) is 4.28. The van der Waals surface area contributed by atoms with Crippen LogP contribution in [0.1, 0.15) is 23.1 Å². The number of nitrogens with one attached hydrogen (secondary N) is 2. The lowest BCUT2D eigenvalue weighted by atomic mass is 9.91. The molecule has 0 aliphatic carbocycles. The van der Waals surface area contributed by atoms with E-state index in [0.29, 0.717) is 59.5 Å². The van der Waals surface area contributed by atoms with Crippen LogP contribution in [-0.4, -0.2) is 56.5 Å². The lowest BCUT2D eigenvalue weighted by Crippen LogP contribution is -2.52. The molecule has 0 saturated heterocycles. The summed E-state index contributed by atoms with van der Waals surface area (Å²) in [7, 11) is 3.12. The Kier molecular flexibility index (Phi) is 10.0. The molecule has 1 aliphatic heterocycles. The van der Waals surface area contributed by atoms with Crippen molar-refractivity contribution in [2.45, 2.75) is 24.9 Å². The van der Waals surface area contributed by atoms with E-state index in [1.54, 1.807) is 62.8 Å². The van der Waals surface area contributed by atoms with Crippen molar-refractivity contribution in [2.24, 2.45) is 10.1 Å². The number of aliphatic hydroxyl groups is 1. The van der Waals surface area contributed by atoms with E-state index < -0.39 is 11.4 Å². The van der Waals surface area contributed by atoms with Crippen LogP contribution in [0.5, 0.6) is 17.2 Å². The van der Waals surface area contributed by atoms with E-state index in [1.807, 2.05) is 18.2 Å². The van der Waals surface area contributed by atoms with E-state index in [4.69, 9.17) is 34.6 Å². The van der Waals surface area contributed by atoms with Gasteiger partial charge in [0.05, 0.1) is 20.8 Å². The Balaban J connectivity index is 1.55. The minimum Gasteiger partial charge on any atom is -0.494 e. The highest BCUT2D eigenvalue weighted by Gasteiger charge is 2.45. The normalized spacial score (nSPS) is 15.7. The van der Waals surface area contributed by atoms with Gasteiger partial charge in [0.2, 0.25) is 5.90 Å². The number of ether oxygens (including phenoxy) is 4. The number of carbonyl (C=O) groups excluding carboxylic acids is 1. The van der Waals surface area contributed by atoms with Crippen LogP contribution >= 0.6 is 0 Å². The smallest absolute Gasteiger partial charge is 0.266 e. The largest absolute Gasteiger partial charge is 0.494 e. The predicted octanol–water partition coefficient (Wildman–Crippen LogP) is 3.99. The van der Waals surface area contributed by atoms with E-state index in [0.717, 1.165) is 5.56 Å². The average Bonchev–Trinajstić information content (AvgIpc) is 3.44. The summed E-state index contributed by atoms with van der Waals surface area (Å²) in [6.45, 7) is 0.745. The minimum absolute atomic E-state index is 0.0223. The molecule has 0 bridgehead atoms. The van der Waals surface area contributed by atoms with Gasteiger partial charge >= 0.3 is 0 Å². The van der Waals surface area contributed by atoms with Crippen LogP contribution in [0.4, 0.5) is 5.69 Å². The lowest BCUT2D eigenvalue weighted by Gasteiger charge is -2.24. The fourth-order valence-corrected chi connectivity index (χ4v) is 4.28. The van der Waals surface area contributed by atoms with E-state index in [2.05, 4.69) is 20.9 Å². The maximum atomic E-state index is 13.7. The summed E-state index contributed by atoms with van der Waals surface area (Å²) in [6.07, 6.45) is 0.671. The van der Waals surface area contributed by atoms with Gasteiger partial charge in [-0.3, -0.25) is 10.2 Å². The zero-order chi connectivity index (χ0) is 29.1. The van der Waals surface area contributed by atoms with Gasteiger partial charge in [-0.1, -0.05) is 35.4 Å². The number of benzene rings is 3. The van der Waals surface area contributed by atoms with Crippen molar-refractivity contribution in [1.29, 1.82) is 0 Å². The van der Waals surface area contributed by atoms with E-state index in [9.17, 15) is 4.79 Å². The van der Waals surface area contributed by atoms with Crippen LogP contribution in [0.2, 0.25) is 0 Å². The summed E-state index contributed by atoms with van der Waals surface area (Å²) in [5.74, 6) is 1.73. The van der Waals surface area contributed by atoms with Crippen LogP contribution in [-0.2, 0) is 22.5 Å². The Bertz CT molecular complexity index is 1420. The summed E-state index contributed by atoms with van der Waals surface area (Å²) < 4.78 is 22.2. The van der Waals surface area contributed by atoms with E-state index in [-0.39, 0.29) is 19.6 Å². The van der Waals surface area contributed by atoms with Crippen LogP contribution in [0.15, 0.2) is 76.8 Å². The Morgan fingerprint density at radius 2 is 1.90 bits per heavy atom. The molecule has 1 atom stereocenters. The van der Waals surface area contributed by atoms with Crippen molar-refractivity contribution in [2.75, 3.05) is 34.0 Å². The van der Waals surface area contributed by atoms with Gasteiger partial charge < -0.3 is 24.1 Å². The number of nitrogens with zero attached hydrogens (tertiary/aromatic N) is 4. The Labute approximate surface area is 237 Å². The Morgan fingerprint density at radius 1 is 1.12 bits per heavy atom. The third-order valence-corrected chi connectivity index (χ3v) is 6.43. The molecule has 1 heterocycles. The number of rotatable bonds is 14. The van der Waals surface area contributed by atoms with Gasteiger partial charge in [0.1, 0.15) is 12.4 Å². The molecule has 12 heteroatoms. The first-order valence-electron chi connectivity index (χ1n) is 13.0. The van der Waals surface area contributed by atoms with Crippen molar-refractivity contribution in [3.8, 4) is 17.2 Å². The third kappa shape index (κ3) is 7.25. The summed E-state index contributed by atoms with van der Waals surface area (Å²) in [5.41, 5.74) is 16.0. The first-order valence-corrected chi connectivity index (χ1v) is 13.0. The lowest BCUT2D eigenvalue weighted by molar-refractivity contribution is -0.127. The maximum Gasteiger partial charge on any atom is 0.266 e.